The van der Waals surface area contributed by atoms with E-state index in [-0.39, 0.29) is 17.1 Å². The Kier molecular flexibility index (Phi) is 4.03. The molecule has 0 spiro atoms. The van der Waals surface area contributed by atoms with E-state index in [2.05, 4.69) is 10.2 Å². The van der Waals surface area contributed by atoms with Gasteiger partial charge in [0.2, 0.25) is 0 Å². The molecule has 1 rings (SSSR count). The van der Waals surface area contributed by atoms with Gasteiger partial charge >= 0.3 is 0 Å². The van der Waals surface area contributed by atoms with Crippen LogP contribution < -0.4 is 0 Å². The minimum absolute atomic E-state index is 0.298. The Bertz CT molecular complexity index is 506. The van der Waals surface area contributed by atoms with Crippen LogP contribution in [0.1, 0.15) is 13.8 Å². The van der Waals surface area contributed by atoms with E-state index in [1.807, 2.05) is 0 Å². The summed E-state index contributed by atoms with van der Waals surface area (Å²) in [6.07, 6.45) is 0. The molecule has 0 unspecified atom stereocenters. The number of ketones is 1. The van der Waals surface area contributed by atoms with E-state index < -0.39 is 17.4 Å². The van der Waals surface area contributed by atoms with Crippen molar-refractivity contribution in [3.8, 4) is 0 Å². The molecule has 0 heterocycles. The molecule has 0 saturated carbocycles. The number of nitrogens with zero attached hydrogens (tertiary/aromatic N) is 2. The molecular weight excluding hydrogens is 230 g/mol. The normalized spacial score (nSPS) is 12.7. The number of carbonyl (C=O) groups excluding carboxylic acids is 1. The number of aliphatic hydroxyl groups excluding tert-OH is 1. The van der Waals surface area contributed by atoms with Crippen LogP contribution in [0, 0.1) is 11.6 Å². The van der Waals surface area contributed by atoms with Crippen LogP contribution in [0.15, 0.2) is 39.9 Å². The van der Waals surface area contributed by atoms with Gasteiger partial charge in [-0.25, -0.2) is 8.78 Å². The first kappa shape index (κ1) is 13.0. The zero-order chi connectivity index (χ0) is 13.0. The summed E-state index contributed by atoms with van der Waals surface area (Å²) in [5.74, 6) is -2.30. The van der Waals surface area contributed by atoms with Crippen LogP contribution in [0.2, 0.25) is 0 Å². The highest BCUT2D eigenvalue weighted by Gasteiger charge is 2.08. The number of aliphatic hydroxyl groups is 1. The van der Waals surface area contributed by atoms with Crippen molar-refractivity contribution in [2.75, 3.05) is 0 Å². The molecule has 0 bridgehead atoms. The third kappa shape index (κ3) is 3.44. The third-order valence-corrected chi connectivity index (χ3v) is 1.84. The largest absolute Gasteiger partial charge is 0.510 e. The molecule has 0 fully saturated rings. The molecule has 4 nitrogen and oxygen atoms in total. The van der Waals surface area contributed by atoms with Crippen molar-refractivity contribution >= 4 is 11.5 Å². The maximum Gasteiger partial charge on any atom is 0.183 e. The molecular formula is C11H10F2N2O2. The molecule has 0 aliphatic rings. The quantitative estimate of drug-likeness (QED) is 0.499. The molecule has 17 heavy (non-hydrogen) atoms. The predicted octanol–water partition coefficient (Wildman–Crippen LogP) is 3.43. The summed E-state index contributed by atoms with van der Waals surface area (Å²) in [6.45, 7) is 2.42. The number of hydrogen-bond acceptors (Lipinski definition) is 4. The summed E-state index contributed by atoms with van der Waals surface area (Å²) in [7, 11) is 0. The van der Waals surface area contributed by atoms with Gasteiger partial charge in [-0.1, -0.05) is 0 Å². The molecule has 0 aromatic heterocycles. The summed E-state index contributed by atoms with van der Waals surface area (Å²) in [5, 5.41) is 15.9. The standard InChI is InChI=1S/C11H10F2N2O2/c1-6(16)11(7(2)17)15-14-10-5-8(12)3-4-9(10)13/h3-5,16H,1-2H3/b11-6+,15-14?. The van der Waals surface area contributed by atoms with Gasteiger partial charge in [0.05, 0.1) is 0 Å². The fourth-order valence-corrected chi connectivity index (χ4v) is 1.06. The molecule has 1 aromatic rings. The van der Waals surface area contributed by atoms with Crippen LogP contribution in [-0.2, 0) is 4.79 Å². The van der Waals surface area contributed by atoms with Crippen molar-refractivity contribution in [2.24, 2.45) is 10.2 Å². The Balaban J connectivity index is 3.09. The van der Waals surface area contributed by atoms with Crippen molar-refractivity contribution in [3.63, 3.8) is 0 Å². The Morgan fingerprint density at radius 1 is 1.29 bits per heavy atom. The van der Waals surface area contributed by atoms with Gasteiger partial charge in [-0.15, -0.1) is 10.2 Å². The monoisotopic (exact) mass is 240 g/mol. The first-order valence-electron chi connectivity index (χ1n) is 4.69. The lowest BCUT2D eigenvalue weighted by molar-refractivity contribution is -0.113. The summed E-state index contributed by atoms with van der Waals surface area (Å²) in [4.78, 5) is 11.0. The lowest BCUT2D eigenvalue weighted by Crippen LogP contribution is -1.96. The molecule has 1 aromatic carbocycles. The van der Waals surface area contributed by atoms with Crippen molar-refractivity contribution in [2.45, 2.75) is 13.8 Å². The van der Waals surface area contributed by atoms with E-state index in [1.54, 1.807) is 0 Å². The van der Waals surface area contributed by atoms with E-state index in [0.717, 1.165) is 18.2 Å². The first-order chi connectivity index (χ1) is 7.91. The number of hydrogen-bond donors (Lipinski definition) is 1. The van der Waals surface area contributed by atoms with Crippen LogP contribution in [0.25, 0.3) is 0 Å². The average Bonchev–Trinajstić information content (AvgIpc) is 2.22. The number of benzene rings is 1. The van der Waals surface area contributed by atoms with E-state index >= 15 is 0 Å². The van der Waals surface area contributed by atoms with Gasteiger partial charge in [-0.05, 0) is 19.1 Å². The maximum absolute atomic E-state index is 13.1. The highest BCUT2D eigenvalue weighted by atomic mass is 19.1. The number of rotatable bonds is 3. The van der Waals surface area contributed by atoms with Crippen molar-refractivity contribution in [3.05, 3.63) is 41.3 Å². The van der Waals surface area contributed by atoms with E-state index in [0.29, 0.717) is 0 Å². The fraction of sp³-hybridized carbons (Fsp3) is 0.182. The lowest BCUT2D eigenvalue weighted by atomic mass is 10.3. The van der Waals surface area contributed by atoms with Crippen LogP contribution in [0.3, 0.4) is 0 Å². The third-order valence-electron chi connectivity index (χ3n) is 1.84. The minimum Gasteiger partial charge on any atom is -0.510 e. The molecule has 0 atom stereocenters. The second-order valence-corrected chi connectivity index (χ2v) is 3.29. The number of carbonyl (C=O) groups is 1. The SMILES string of the molecule is CC(=O)/C(N=Nc1cc(F)ccc1F)=C(/C)O. The van der Waals surface area contributed by atoms with Crippen LogP contribution in [0.5, 0.6) is 0 Å². The summed E-state index contributed by atoms with van der Waals surface area (Å²) < 4.78 is 25.9. The van der Waals surface area contributed by atoms with Crippen molar-refractivity contribution in [1.29, 1.82) is 0 Å². The molecule has 1 N–H and O–H groups in total. The zero-order valence-electron chi connectivity index (χ0n) is 9.24. The van der Waals surface area contributed by atoms with Crippen LogP contribution >= 0.6 is 0 Å². The predicted molar refractivity (Wildman–Crippen MR) is 56.9 cm³/mol. The minimum atomic E-state index is -0.770. The molecule has 90 valence electrons. The molecule has 0 amide bonds. The summed E-state index contributed by atoms with van der Waals surface area (Å²) in [6, 6.07) is 2.67. The van der Waals surface area contributed by atoms with Crippen molar-refractivity contribution < 1.29 is 18.7 Å². The highest BCUT2D eigenvalue weighted by molar-refractivity contribution is 5.93. The highest BCUT2D eigenvalue weighted by Crippen LogP contribution is 2.20. The van der Waals surface area contributed by atoms with Gasteiger partial charge < -0.3 is 5.11 Å². The van der Waals surface area contributed by atoms with E-state index in [4.69, 9.17) is 5.11 Å². The second kappa shape index (κ2) is 5.29. The molecule has 0 aliphatic heterocycles. The summed E-state index contributed by atoms with van der Waals surface area (Å²) >= 11 is 0. The van der Waals surface area contributed by atoms with Gasteiger partial charge in [-0.2, -0.15) is 0 Å². The van der Waals surface area contributed by atoms with Gasteiger partial charge in [0, 0.05) is 13.0 Å². The molecule has 0 radical (unpaired) electrons. The maximum atomic E-state index is 13.1. The van der Waals surface area contributed by atoms with Gasteiger partial charge in [0.1, 0.15) is 17.3 Å². The smallest absolute Gasteiger partial charge is 0.183 e. The Hall–Kier alpha value is -2.11. The van der Waals surface area contributed by atoms with E-state index in [9.17, 15) is 13.6 Å². The van der Waals surface area contributed by atoms with Crippen LogP contribution in [-0.4, -0.2) is 10.9 Å². The Morgan fingerprint density at radius 2 is 1.94 bits per heavy atom. The second-order valence-electron chi connectivity index (χ2n) is 3.29. The Labute approximate surface area is 96.3 Å². The fourth-order valence-electron chi connectivity index (χ4n) is 1.06. The average molecular weight is 240 g/mol. The molecule has 0 saturated heterocycles. The number of azo groups is 1. The molecule has 6 heteroatoms. The van der Waals surface area contributed by atoms with Crippen LogP contribution in [0.4, 0.5) is 14.5 Å². The summed E-state index contributed by atoms with van der Waals surface area (Å²) in [5.41, 5.74) is -0.640. The van der Waals surface area contributed by atoms with E-state index in [1.165, 1.54) is 13.8 Å². The number of Topliss-reactive ketones (excluding diaryl/α,β-unsaturated/α-hetero) is 1. The molecule has 0 aliphatic carbocycles. The Morgan fingerprint density at radius 3 is 2.47 bits per heavy atom. The number of halogens is 2. The number of allylic oxidation sites excluding steroid dienone is 2. The van der Waals surface area contributed by atoms with Crippen molar-refractivity contribution in [1.82, 2.24) is 0 Å². The lowest BCUT2D eigenvalue weighted by Gasteiger charge is -1.98. The topological polar surface area (TPSA) is 62.0 Å². The van der Waals surface area contributed by atoms with Gasteiger partial charge in [0.25, 0.3) is 0 Å². The first-order valence-corrected chi connectivity index (χ1v) is 4.69. The van der Waals surface area contributed by atoms with Gasteiger partial charge in [-0.3, -0.25) is 4.79 Å². The zero-order valence-corrected chi connectivity index (χ0v) is 9.24. The van der Waals surface area contributed by atoms with Gasteiger partial charge in [0.15, 0.2) is 17.3 Å².